The Hall–Kier alpha value is -3.52. The summed E-state index contributed by atoms with van der Waals surface area (Å²) in [5.74, 6) is 0.223. The molecule has 2 nitrogen and oxygen atoms in total. The molecule has 0 aliphatic carbocycles. The maximum absolute atomic E-state index is 12.7. The van der Waals surface area contributed by atoms with E-state index in [1.54, 1.807) is 0 Å². The molecule has 0 heterocycles. The first-order valence-electron chi connectivity index (χ1n) is 13.1. The Morgan fingerprint density at radius 1 is 0.528 bits per heavy atom. The van der Waals surface area contributed by atoms with Gasteiger partial charge in [-0.15, -0.1) is 0 Å². The first-order chi connectivity index (χ1) is 17.4. The molecule has 0 saturated heterocycles. The topological polar surface area (TPSA) is 34.1 Å². The van der Waals surface area contributed by atoms with E-state index in [2.05, 4.69) is 62.4 Å². The summed E-state index contributed by atoms with van der Waals surface area (Å²) in [5.41, 5.74) is 8.17. The molecular formula is C34H38O2. The van der Waals surface area contributed by atoms with Gasteiger partial charge in [-0.25, -0.2) is 0 Å². The van der Waals surface area contributed by atoms with Crippen molar-refractivity contribution in [2.75, 3.05) is 0 Å². The highest BCUT2D eigenvalue weighted by Gasteiger charge is 2.09. The van der Waals surface area contributed by atoms with Crippen LogP contribution < -0.4 is 0 Å². The van der Waals surface area contributed by atoms with Crippen molar-refractivity contribution in [3.8, 4) is 0 Å². The fourth-order valence-corrected chi connectivity index (χ4v) is 4.22. The van der Waals surface area contributed by atoms with Crippen LogP contribution in [-0.2, 0) is 35.3 Å². The molecule has 186 valence electrons. The van der Waals surface area contributed by atoms with E-state index in [1.807, 2.05) is 50.3 Å². The van der Waals surface area contributed by atoms with Crippen LogP contribution in [0.2, 0.25) is 0 Å². The number of benzene rings is 3. The molecule has 0 saturated carbocycles. The number of aryl methyl sites for hydroxylation is 2. The Morgan fingerprint density at radius 2 is 0.833 bits per heavy atom. The van der Waals surface area contributed by atoms with Crippen LogP contribution in [0.4, 0.5) is 0 Å². The smallest absolute Gasteiger partial charge is 0.162 e. The second kappa shape index (κ2) is 13.5. The van der Waals surface area contributed by atoms with Crippen LogP contribution >= 0.6 is 0 Å². The van der Waals surface area contributed by atoms with E-state index in [9.17, 15) is 9.59 Å². The molecule has 2 heteroatoms. The van der Waals surface area contributed by atoms with Crippen LogP contribution in [-0.4, -0.2) is 11.6 Å². The number of rotatable bonds is 12. The lowest BCUT2D eigenvalue weighted by Crippen LogP contribution is -2.06. The molecule has 0 atom stereocenters. The number of Topliss-reactive ketones (excluding diaryl/α,β-unsaturated/α-hetero) is 2. The minimum absolute atomic E-state index is 0.111. The third-order valence-corrected chi connectivity index (χ3v) is 6.44. The Bertz CT molecular complexity index is 1110. The average molecular weight is 479 g/mol. The standard InChI is InChI=1S/C34H38O2/c1-5-7-27-9-13-29(14-10-27)21-25(3)33(35)23-31-17-19-32(20-18-31)24-34(36)26(4)22-30-15-11-28(8-6-2)12-16-30/h9-22H,5-8,23-24H2,1-4H3. The van der Waals surface area contributed by atoms with Crippen molar-refractivity contribution >= 4 is 23.7 Å². The minimum Gasteiger partial charge on any atom is -0.294 e. The van der Waals surface area contributed by atoms with Gasteiger partial charge in [0.2, 0.25) is 0 Å². The van der Waals surface area contributed by atoms with Gasteiger partial charge >= 0.3 is 0 Å². The summed E-state index contributed by atoms with van der Waals surface area (Å²) in [6.07, 6.45) is 9.04. The van der Waals surface area contributed by atoms with E-state index >= 15 is 0 Å². The molecule has 0 bridgehead atoms. The molecule has 0 aromatic heterocycles. The lowest BCUT2D eigenvalue weighted by atomic mass is 9.98. The van der Waals surface area contributed by atoms with E-state index in [4.69, 9.17) is 0 Å². The number of ketones is 2. The van der Waals surface area contributed by atoms with Crippen molar-refractivity contribution in [3.05, 3.63) is 117 Å². The van der Waals surface area contributed by atoms with Crippen LogP contribution in [0.25, 0.3) is 12.2 Å². The van der Waals surface area contributed by atoms with Crippen molar-refractivity contribution in [1.29, 1.82) is 0 Å². The second-order valence-electron chi connectivity index (χ2n) is 9.65. The Kier molecular flexibility index (Phi) is 10.2. The molecular weight excluding hydrogens is 440 g/mol. The van der Waals surface area contributed by atoms with Gasteiger partial charge in [0.25, 0.3) is 0 Å². The number of hydrogen-bond donors (Lipinski definition) is 0. The molecule has 0 amide bonds. The zero-order valence-electron chi connectivity index (χ0n) is 22.1. The van der Waals surface area contributed by atoms with Crippen molar-refractivity contribution in [2.45, 2.75) is 66.2 Å². The van der Waals surface area contributed by atoms with Gasteiger partial charge in [0, 0.05) is 12.8 Å². The molecule has 3 aromatic carbocycles. The molecule has 3 aromatic rings. The number of carbonyl (C=O) groups is 2. The van der Waals surface area contributed by atoms with Crippen molar-refractivity contribution in [2.24, 2.45) is 0 Å². The van der Waals surface area contributed by atoms with Gasteiger partial charge in [-0.05, 0) is 83.4 Å². The average Bonchev–Trinajstić information content (AvgIpc) is 2.87. The Balaban J connectivity index is 1.56. The fraction of sp³-hybridized carbons (Fsp3) is 0.294. The molecule has 0 unspecified atom stereocenters. The summed E-state index contributed by atoms with van der Waals surface area (Å²) >= 11 is 0. The number of hydrogen-bond acceptors (Lipinski definition) is 2. The highest BCUT2D eigenvalue weighted by molar-refractivity contribution is 6.01. The summed E-state index contributed by atoms with van der Waals surface area (Å²) in [5, 5.41) is 0. The highest BCUT2D eigenvalue weighted by atomic mass is 16.1. The molecule has 0 radical (unpaired) electrons. The van der Waals surface area contributed by atoms with Crippen LogP contribution in [0.15, 0.2) is 83.9 Å². The summed E-state index contributed by atoms with van der Waals surface area (Å²) in [6, 6.07) is 24.7. The van der Waals surface area contributed by atoms with Crippen molar-refractivity contribution < 1.29 is 9.59 Å². The molecule has 0 fully saturated rings. The van der Waals surface area contributed by atoms with E-state index in [0.29, 0.717) is 12.8 Å². The molecule has 36 heavy (non-hydrogen) atoms. The SMILES string of the molecule is CCCc1ccc(C=C(C)C(=O)Cc2ccc(CC(=O)C(C)=Cc3ccc(CCC)cc3)cc2)cc1. The van der Waals surface area contributed by atoms with Crippen LogP contribution in [0, 0.1) is 0 Å². The van der Waals surface area contributed by atoms with Crippen LogP contribution in [0.1, 0.15) is 73.9 Å². The lowest BCUT2D eigenvalue weighted by Gasteiger charge is -2.06. The van der Waals surface area contributed by atoms with Gasteiger partial charge in [-0.3, -0.25) is 9.59 Å². The molecule has 0 aliphatic heterocycles. The molecule has 0 spiro atoms. The van der Waals surface area contributed by atoms with E-state index < -0.39 is 0 Å². The number of allylic oxidation sites excluding steroid dienone is 2. The molecule has 3 rings (SSSR count). The zero-order valence-corrected chi connectivity index (χ0v) is 22.1. The normalized spacial score (nSPS) is 12.0. The highest BCUT2D eigenvalue weighted by Crippen LogP contribution is 2.16. The predicted octanol–water partition coefficient (Wildman–Crippen LogP) is 8.02. The fourth-order valence-electron chi connectivity index (χ4n) is 4.22. The first kappa shape index (κ1) is 27.1. The van der Waals surface area contributed by atoms with Crippen LogP contribution in [0.3, 0.4) is 0 Å². The van der Waals surface area contributed by atoms with Gasteiger partial charge in [-0.2, -0.15) is 0 Å². The first-order valence-corrected chi connectivity index (χ1v) is 13.1. The van der Waals surface area contributed by atoms with Gasteiger partial charge in [0.15, 0.2) is 11.6 Å². The molecule has 0 aliphatic rings. The zero-order chi connectivity index (χ0) is 25.9. The number of carbonyl (C=O) groups excluding carboxylic acids is 2. The maximum atomic E-state index is 12.7. The minimum atomic E-state index is 0.111. The van der Waals surface area contributed by atoms with Crippen LogP contribution in [0.5, 0.6) is 0 Å². The van der Waals surface area contributed by atoms with E-state index in [0.717, 1.165) is 59.1 Å². The predicted molar refractivity (Wildman–Crippen MR) is 152 cm³/mol. The van der Waals surface area contributed by atoms with E-state index in [-0.39, 0.29) is 11.6 Å². The maximum Gasteiger partial charge on any atom is 0.162 e. The van der Waals surface area contributed by atoms with Crippen molar-refractivity contribution in [3.63, 3.8) is 0 Å². The summed E-state index contributed by atoms with van der Waals surface area (Å²) < 4.78 is 0. The summed E-state index contributed by atoms with van der Waals surface area (Å²) in [6.45, 7) is 8.10. The van der Waals surface area contributed by atoms with Gasteiger partial charge in [0.1, 0.15) is 0 Å². The van der Waals surface area contributed by atoms with E-state index in [1.165, 1.54) is 11.1 Å². The van der Waals surface area contributed by atoms with Gasteiger partial charge < -0.3 is 0 Å². The molecule has 0 N–H and O–H groups in total. The lowest BCUT2D eigenvalue weighted by molar-refractivity contribution is -0.115. The third-order valence-electron chi connectivity index (χ3n) is 6.44. The second-order valence-corrected chi connectivity index (χ2v) is 9.65. The Labute approximate surface area is 216 Å². The Morgan fingerprint density at radius 3 is 1.14 bits per heavy atom. The summed E-state index contributed by atoms with van der Waals surface area (Å²) in [4.78, 5) is 25.5. The van der Waals surface area contributed by atoms with Crippen molar-refractivity contribution in [1.82, 2.24) is 0 Å². The third kappa shape index (κ3) is 8.30. The van der Waals surface area contributed by atoms with Gasteiger partial charge in [0.05, 0.1) is 0 Å². The largest absolute Gasteiger partial charge is 0.294 e. The van der Waals surface area contributed by atoms with Gasteiger partial charge in [-0.1, -0.05) is 99.5 Å². The quantitative estimate of drug-likeness (QED) is 0.247. The monoisotopic (exact) mass is 478 g/mol. The summed E-state index contributed by atoms with van der Waals surface area (Å²) in [7, 11) is 0.